The number of benzene rings is 2. The van der Waals surface area contributed by atoms with Gasteiger partial charge in [0, 0.05) is 15.6 Å². The molecule has 2 aromatic carbocycles. The summed E-state index contributed by atoms with van der Waals surface area (Å²) in [6.45, 7) is 0. The van der Waals surface area contributed by atoms with E-state index in [4.69, 9.17) is 28.9 Å². The summed E-state index contributed by atoms with van der Waals surface area (Å²) in [5, 5.41) is 11.5. The van der Waals surface area contributed by atoms with Crippen LogP contribution in [0.1, 0.15) is 81.0 Å². The Balaban J connectivity index is 1.30. The fraction of sp³-hybridized carbons (Fsp3) is 0.519. The van der Waals surface area contributed by atoms with Crippen molar-refractivity contribution < 1.29 is 5.11 Å². The Morgan fingerprint density at radius 2 is 1.79 bits per heavy atom. The van der Waals surface area contributed by atoms with Crippen LogP contribution in [0.25, 0.3) is 11.0 Å². The van der Waals surface area contributed by atoms with E-state index in [1.807, 2.05) is 16.7 Å². The first-order valence-corrected chi connectivity index (χ1v) is 13.1. The Morgan fingerprint density at radius 1 is 1.00 bits per heavy atom. The Kier molecular flexibility index (Phi) is 6.99. The molecule has 3 N–H and O–H groups in total. The third kappa shape index (κ3) is 4.95. The van der Waals surface area contributed by atoms with Crippen LogP contribution in [0.5, 0.6) is 0 Å². The average molecular weight is 486 g/mol. The third-order valence-corrected chi connectivity index (χ3v) is 8.57. The summed E-state index contributed by atoms with van der Waals surface area (Å²) < 4.78 is 2.00. The topological polar surface area (TPSA) is 64.1 Å². The summed E-state index contributed by atoms with van der Waals surface area (Å²) in [7, 11) is 0. The Bertz CT molecular complexity index is 1110. The van der Waals surface area contributed by atoms with E-state index in [9.17, 15) is 5.11 Å². The van der Waals surface area contributed by atoms with Gasteiger partial charge in [0.25, 0.3) is 0 Å². The lowest BCUT2D eigenvalue weighted by Gasteiger charge is -2.34. The number of rotatable bonds is 5. The summed E-state index contributed by atoms with van der Waals surface area (Å²) >= 11 is 12.5. The molecule has 3 aromatic rings. The number of aliphatic hydroxyl groups is 1. The lowest BCUT2D eigenvalue weighted by atomic mass is 9.73. The van der Waals surface area contributed by atoms with Crippen molar-refractivity contribution in [1.82, 2.24) is 9.55 Å². The van der Waals surface area contributed by atoms with E-state index in [0.717, 1.165) is 28.9 Å². The SMILES string of the molecule is NC(c1ccc(Cl)cc1Cl)n1cnc2ccc(C3CCC(CC4CCCCC4O)CC3)cc21. The molecule has 1 heterocycles. The Morgan fingerprint density at radius 3 is 2.55 bits per heavy atom. The van der Waals surface area contributed by atoms with Crippen LogP contribution in [0.3, 0.4) is 0 Å². The first-order chi connectivity index (χ1) is 16.0. The van der Waals surface area contributed by atoms with E-state index >= 15 is 0 Å². The van der Waals surface area contributed by atoms with Crippen LogP contribution in [0, 0.1) is 11.8 Å². The van der Waals surface area contributed by atoms with Crippen molar-refractivity contribution in [3.8, 4) is 0 Å². The fourth-order valence-corrected chi connectivity index (χ4v) is 6.55. The maximum absolute atomic E-state index is 10.4. The van der Waals surface area contributed by atoms with Gasteiger partial charge in [-0.2, -0.15) is 0 Å². The number of aliphatic hydroxyl groups excluding tert-OH is 1. The van der Waals surface area contributed by atoms with E-state index in [0.29, 0.717) is 21.9 Å². The summed E-state index contributed by atoms with van der Waals surface area (Å²) in [5.41, 5.74) is 10.8. The first-order valence-electron chi connectivity index (χ1n) is 12.3. The van der Waals surface area contributed by atoms with Gasteiger partial charge >= 0.3 is 0 Å². The molecule has 0 aliphatic heterocycles. The standard InChI is InChI=1S/C27H33Cl2N3O/c28-21-10-11-22(23(29)15-21)27(30)32-16-31-24-12-9-19(14-25(24)32)18-7-5-17(6-8-18)13-20-3-1-2-4-26(20)33/h9-12,14-18,20,26-27,33H,1-8,13,30H2. The monoisotopic (exact) mass is 485 g/mol. The molecule has 176 valence electrons. The zero-order valence-corrected chi connectivity index (χ0v) is 20.5. The van der Waals surface area contributed by atoms with E-state index in [2.05, 4.69) is 23.2 Å². The van der Waals surface area contributed by atoms with Gasteiger partial charge in [0.05, 0.1) is 23.5 Å². The second-order valence-corrected chi connectivity index (χ2v) is 10.9. The van der Waals surface area contributed by atoms with Crippen molar-refractivity contribution in [1.29, 1.82) is 0 Å². The highest BCUT2D eigenvalue weighted by atomic mass is 35.5. The quantitative estimate of drug-likeness (QED) is 0.406. The largest absolute Gasteiger partial charge is 0.393 e. The molecule has 0 bridgehead atoms. The normalized spacial score (nSPS) is 27.0. The molecular formula is C27H33Cl2N3O. The number of hydrogen-bond acceptors (Lipinski definition) is 3. The van der Waals surface area contributed by atoms with Gasteiger partial charge in [0.2, 0.25) is 0 Å². The van der Waals surface area contributed by atoms with Gasteiger partial charge in [-0.3, -0.25) is 0 Å². The number of nitrogens with two attached hydrogens (primary N) is 1. The van der Waals surface area contributed by atoms with Crippen molar-refractivity contribution in [2.75, 3.05) is 0 Å². The van der Waals surface area contributed by atoms with Gasteiger partial charge in [-0.25, -0.2) is 4.98 Å². The highest BCUT2D eigenvalue weighted by Gasteiger charge is 2.29. The molecule has 0 radical (unpaired) electrons. The summed E-state index contributed by atoms with van der Waals surface area (Å²) in [6, 6.07) is 12.0. The summed E-state index contributed by atoms with van der Waals surface area (Å²) in [5.74, 6) is 1.85. The van der Waals surface area contributed by atoms with Gasteiger partial charge < -0.3 is 15.4 Å². The molecule has 2 aliphatic rings. The van der Waals surface area contributed by atoms with Crippen LogP contribution in [0.2, 0.25) is 10.0 Å². The highest BCUT2D eigenvalue weighted by molar-refractivity contribution is 6.35. The molecule has 4 nitrogen and oxygen atoms in total. The zero-order chi connectivity index (χ0) is 22.9. The fourth-order valence-electron chi connectivity index (χ4n) is 6.03. The van der Waals surface area contributed by atoms with Crippen molar-refractivity contribution >= 4 is 34.2 Å². The molecule has 33 heavy (non-hydrogen) atoms. The molecule has 5 rings (SSSR count). The van der Waals surface area contributed by atoms with Gasteiger partial charge in [0.1, 0.15) is 6.17 Å². The molecule has 3 atom stereocenters. The molecule has 1 aromatic heterocycles. The molecule has 0 spiro atoms. The van der Waals surface area contributed by atoms with Crippen molar-refractivity contribution in [3.63, 3.8) is 0 Å². The van der Waals surface area contributed by atoms with Gasteiger partial charge in [-0.05, 0) is 92.5 Å². The molecule has 2 fully saturated rings. The Hall–Kier alpha value is -1.59. The number of halogens is 2. The highest BCUT2D eigenvalue weighted by Crippen LogP contribution is 2.41. The van der Waals surface area contributed by atoms with E-state index in [1.54, 1.807) is 12.4 Å². The summed E-state index contributed by atoms with van der Waals surface area (Å²) in [6.07, 6.45) is 12.1. The Labute approximate surface area is 206 Å². The van der Waals surface area contributed by atoms with Crippen LogP contribution in [0.4, 0.5) is 0 Å². The van der Waals surface area contributed by atoms with Gasteiger partial charge in [-0.15, -0.1) is 0 Å². The lowest BCUT2D eigenvalue weighted by molar-refractivity contribution is 0.0515. The van der Waals surface area contributed by atoms with Crippen LogP contribution in [-0.2, 0) is 0 Å². The average Bonchev–Trinajstić information content (AvgIpc) is 3.24. The number of imidazole rings is 1. The predicted molar refractivity (Wildman–Crippen MR) is 136 cm³/mol. The van der Waals surface area contributed by atoms with Crippen LogP contribution >= 0.6 is 23.2 Å². The van der Waals surface area contributed by atoms with Gasteiger partial charge in [0.15, 0.2) is 0 Å². The van der Waals surface area contributed by atoms with Crippen LogP contribution < -0.4 is 5.73 Å². The molecule has 3 unspecified atom stereocenters. The second kappa shape index (κ2) is 9.95. The molecule has 2 aliphatic carbocycles. The molecule has 0 amide bonds. The molecule has 6 heteroatoms. The van der Waals surface area contributed by atoms with Gasteiger partial charge in [-0.1, -0.05) is 48.2 Å². The maximum Gasteiger partial charge on any atom is 0.110 e. The third-order valence-electron chi connectivity index (χ3n) is 8.00. The number of hydrogen-bond donors (Lipinski definition) is 2. The predicted octanol–water partition coefficient (Wildman–Crippen LogP) is 7.06. The van der Waals surface area contributed by atoms with E-state index in [1.165, 1.54) is 56.9 Å². The smallest absolute Gasteiger partial charge is 0.110 e. The summed E-state index contributed by atoms with van der Waals surface area (Å²) in [4.78, 5) is 4.57. The minimum Gasteiger partial charge on any atom is -0.393 e. The van der Waals surface area contributed by atoms with Crippen molar-refractivity contribution in [2.24, 2.45) is 17.6 Å². The second-order valence-electron chi connectivity index (χ2n) is 10.1. The van der Waals surface area contributed by atoms with E-state index in [-0.39, 0.29) is 6.10 Å². The van der Waals surface area contributed by atoms with Crippen LogP contribution in [-0.4, -0.2) is 20.8 Å². The maximum atomic E-state index is 10.4. The lowest BCUT2D eigenvalue weighted by Crippen LogP contribution is -2.27. The van der Waals surface area contributed by atoms with Crippen LogP contribution in [0.15, 0.2) is 42.7 Å². The molecule has 2 saturated carbocycles. The number of fused-ring (bicyclic) bond motifs is 1. The van der Waals surface area contributed by atoms with E-state index < -0.39 is 6.17 Å². The zero-order valence-electron chi connectivity index (χ0n) is 19.0. The van der Waals surface area contributed by atoms with Crippen molar-refractivity contribution in [3.05, 3.63) is 63.9 Å². The first kappa shape index (κ1) is 23.2. The minimum absolute atomic E-state index is 0.0717. The number of nitrogens with zero attached hydrogens (tertiary/aromatic N) is 2. The minimum atomic E-state index is -0.423. The molecule has 0 saturated heterocycles. The van der Waals surface area contributed by atoms with Crippen molar-refractivity contribution in [2.45, 2.75) is 76.0 Å². The molecular weight excluding hydrogens is 453 g/mol. The number of aromatic nitrogens is 2.